The molecule has 0 aliphatic heterocycles. The van der Waals surface area contributed by atoms with E-state index in [9.17, 15) is 4.79 Å². The maximum Gasteiger partial charge on any atom is 0.224 e. The van der Waals surface area contributed by atoms with Gasteiger partial charge in [-0.25, -0.2) is 4.98 Å². The third-order valence-corrected chi connectivity index (χ3v) is 5.66. The van der Waals surface area contributed by atoms with Crippen LogP contribution >= 0.6 is 0 Å². The zero-order valence-electron chi connectivity index (χ0n) is 17.6. The van der Waals surface area contributed by atoms with E-state index in [4.69, 9.17) is 9.40 Å². The molecule has 4 aromatic rings. The molecule has 5 rings (SSSR count). The van der Waals surface area contributed by atoms with E-state index in [2.05, 4.69) is 27.8 Å². The van der Waals surface area contributed by atoms with Crippen molar-refractivity contribution in [3.05, 3.63) is 102 Å². The number of carbonyl (C=O) groups excluding carboxylic acids is 1. The number of ketones is 1. The number of benzene rings is 2. The second kappa shape index (κ2) is 9.06. The van der Waals surface area contributed by atoms with Crippen LogP contribution in [0, 0.1) is 0 Å². The summed E-state index contributed by atoms with van der Waals surface area (Å²) in [5.74, 6) is 1.90. The van der Waals surface area contributed by atoms with Crippen LogP contribution in [0.2, 0.25) is 0 Å². The predicted molar refractivity (Wildman–Crippen MR) is 124 cm³/mol. The summed E-state index contributed by atoms with van der Waals surface area (Å²) in [6.07, 6.45) is 3.52. The largest absolute Gasteiger partial charge is 0.469 e. The molecule has 0 saturated carbocycles. The summed E-state index contributed by atoms with van der Waals surface area (Å²) in [4.78, 5) is 22.5. The number of aromatic nitrogens is 2. The lowest BCUT2D eigenvalue weighted by molar-refractivity contribution is 0.0959. The van der Waals surface area contributed by atoms with Gasteiger partial charge in [-0.05, 0) is 36.2 Å². The smallest absolute Gasteiger partial charge is 0.224 e. The van der Waals surface area contributed by atoms with E-state index in [1.165, 1.54) is 5.56 Å². The highest BCUT2D eigenvalue weighted by Gasteiger charge is 2.32. The lowest BCUT2D eigenvalue weighted by Gasteiger charge is -2.24. The molecule has 1 aliphatic carbocycles. The Labute approximate surface area is 186 Å². The van der Waals surface area contributed by atoms with Gasteiger partial charge >= 0.3 is 0 Å². The lowest BCUT2D eigenvalue weighted by Crippen LogP contribution is -2.23. The van der Waals surface area contributed by atoms with Crippen molar-refractivity contribution in [3.8, 4) is 0 Å². The molecular formula is C26H24N4O2. The summed E-state index contributed by atoms with van der Waals surface area (Å²) in [5, 5.41) is 6.66. The third-order valence-electron chi connectivity index (χ3n) is 5.66. The van der Waals surface area contributed by atoms with E-state index in [1.54, 1.807) is 6.26 Å². The standard InChI is InChI=1S/C26H24N4O2/c31-22-17-19(23-12-7-15-32-23)16-21-24(22)25(28-20-10-5-2-6-11-20)30-26(29-21)27-14-13-18-8-3-1-4-9-18/h1-12,15,19H,13-14,16-17H2,(H2,27,28,29,30). The molecule has 6 heteroatoms. The van der Waals surface area contributed by atoms with E-state index in [-0.39, 0.29) is 11.7 Å². The minimum absolute atomic E-state index is 0.0124. The molecule has 32 heavy (non-hydrogen) atoms. The monoisotopic (exact) mass is 424 g/mol. The fraction of sp³-hybridized carbons (Fsp3) is 0.192. The molecule has 2 aromatic carbocycles. The van der Waals surface area contributed by atoms with Crippen LogP contribution < -0.4 is 10.6 Å². The first kappa shape index (κ1) is 20.0. The van der Waals surface area contributed by atoms with Crippen molar-refractivity contribution < 1.29 is 9.21 Å². The van der Waals surface area contributed by atoms with Crippen LogP contribution in [0.25, 0.3) is 0 Å². The van der Waals surface area contributed by atoms with Gasteiger partial charge in [0.05, 0.1) is 17.5 Å². The number of nitrogens with one attached hydrogen (secondary N) is 2. The Morgan fingerprint density at radius 3 is 2.44 bits per heavy atom. The number of furan rings is 1. The summed E-state index contributed by atoms with van der Waals surface area (Å²) in [7, 11) is 0. The number of nitrogens with zero attached hydrogens (tertiary/aromatic N) is 2. The van der Waals surface area contributed by atoms with E-state index in [0.29, 0.717) is 36.7 Å². The van der Waals surface area contributed by atoms with Crippen LogP contribution in [-0.2, 0) is 12.8 Å². The second-order valence-corrected chi connectivity index (χ2v) is 7.91. The van der Waals surface area contributed by atoms with Gasteiger partial charge in [-0.2, -0.15) is 4.98 Å². The SMILES string of the molecule is O=C1CC(c2ccco2)Cc2nc(NCCc3ccccc3)nc(Nc3ccccc3)c21. The van der Waals surface area contributed by atoms with Crippen molar-refractivity contribution in [1.29, 1.82) is 0 Å². The lowest BCUT2D eigenvalue weighted by atomic mass is 9.84. The fourth-order valence-corrected chi connectivity index (χ4v) is 4.10. The fourth-order valence-electron chi connectivity index (χ4n) is 4.10. The van der Waals surface area contributed by atoms with Crippen molar-refractivity contribution in [1.82, 2.24) is 9.97 Å². The van der Waals surface area contributed by atoms with Crippen molar-refractivity contribution in [2.45, 2.75) is 25.2 Å². The zero-order valence-corrected chi connectivity index (χ0v) is 17.6. The molecule has 1 unspecified atom stereocenters. The van der Waals surface area contributed by atoms with Crippen LogP contribution in [0.4, 0.5) is 17.5 Å². The minimum Gasteiger partial charge on any atom is -0.469 e. The van der Waals surface area contributed by atoms with Crippen LogP contribution in [-0.4, -0.2) is 22.3 Å². The number of Topliss-reactive ketones (excluding diaryl/α,β-unsaturated/α-hetero) is 1. The molecule has 0 radical (unpaired) electrons. The molecule has 2 N–H and O–H groups in total. The molecule has 2 heterocycles. The molecule has 6 nitrogen and oxygen atoms in total. The topological polar surface area (TPSA) is 80.1 Å². The number of rotatable bonds is 7. The first-order valence-corrected chi connectivity index (χ1v) is 10.8. The molecule has 0 fully saturated rings. The minimum atomic E-state index is -0.0124. The number of para-hydroxylation sites is 1. The predicted octanol–water partition coefficient (Wildman–Crippen LogP) is 5.38. The van der Waals surface area contributed by atoms with Gasteiger partial charge in [0.15, 0.2) is 5.78 Å². The molecule has 0 spiro atoms. The molecule has 1 atom stereocenters. The summed E-state index contributed by atoms with van der Waals surface area (Å²) in [6.45, 7) is 0.698. The van der Waals surface area contributed by atoms with Gasteiger partial charge in [-0.15, -0.1) is 0 Å². The Bertz CT molecular complexity index is 1190. The highest BCUT2D eigenvalue weighted by Crippen LogP contribution is 2.36. The number of anilines is 3. The summed E-state index contributed by atoms with van der Waals surface area (Å²) in [6, 6.07) is 23.8. The molecule has 160 valence electrons. The van der Waals surface area contributed by atoms with Crippen molar-refractivity contribution in [2.75, 3.05) is 17.2 Å². The molecule has 0 bridgehead atoms. The van der Waals surface area contributed by atoms with Gasteiger partial charge in [-0.1, -0.05) is 48.5 Å². The van der Waals surface area contributed by atoms with E-state index in [1.807, 2.05) is 60.7 Å². The number of hydrogen-bond acceptors (Lipinski definition) is 6. The molecule has 0 saturated heterocycles. The van der Waals surface area contributed by atoms with Gasteiger partial charge in [0, 0.05) is 31.0 Å². The molecular weight excluding hydrogens is 400 g/mol. The third kappa shape index (κ3) is 4.39. The quantitative estimate of drug-likeness (QED) is 0.415. The zero-order chi connectivity index (χ0) is 21.8. The number of carbonyl (C=O) groups is 1. The Balaban J connectivity index is 1.44. The number of fused-ring (bicyclic) bond motifs is 1. The Morgan fingerprint density at radius 1 is 0.906 bits per heavy atom. The van der Waals surface area contributed by atoms with Crippen LogP contribution in [0.1, 0.15) is 39.7 Å². The number of hydrogen-bond donors (Lipinski definition) is 2. The Kier molecular flexibility index (Phi) is 5.66. The summed E-state index contributed by atoms with van der Waals surface area (Å²) < 4.78 is 5.58. The van der Waals surface area contributed by atoms with Gasteiger partial charge in [-0.3, -0.25) is 4.79 Å². The maximum absolute atomic E-state index is 13.1. The van der Waals surface area contributed by atoms with Gasteiger partial charge in [0.25, 0.3) is 0 Å². The molecule has 1 aliphatic rings. The highest BCUT2D eigenvalue weighted by atomic mass is 16.3. The molecule has 0 amide bonds. The van der Waals surface area contributed by atoms with Crippen LogP contribution in [0.15, 0.2) is 83.5 Å². The first-order valence-electron chi connectivity index (χ1n) is 10.8. The maximum atomic E-state index is 13.1. The van der Waals surface area contributed by atoms with Crippen LogP contribution in [0.3, 0.4) is 0 Å². The first-order chi connectivity index (χ1) is 15.8. The Morgan fingerprint density at radius 2 is 1.69 bits per heavy atom. The normalized spacial score (nSPS) is 15.2. The summed E-state index contributed by atoms with van der Waals surface area (Å²) >= 11 is 0. The summed E-state index contributed by atoms with van der Waals surface area (Å²) in [5.41, 5.74) is 3.45. The van der Waals surface area contributed by atoms with Gasteiger partial charge in [0.2, 0.25) is 5.95 Å². The van der Waals surface area contributed by atoms with E-state index < -0.39 is 0 Å². The van der Waals surface area contributed by atoms with E-state index >= 15 is 0 Å². The molecule has 2 aromatic heterocycles. The second-order valence-electron chi connectivity index (χ2n) is 7.91. The average Bonchev–Trinajstić information content (AvgIpc) is 3.35. The Hall–Kier alpha value is -3.93. The van der Waals surface area contributed by atoms with Crippen molar-refractivity contribution in [2.24, 2.45) is 0 Å². The van der Waals surface area contributed by atoms with Gasteiger partial charge < -0.3 is 15.1 Å². The van der Waals surface area contributed by atoms with Crippen molar-refractivity contribution >= 4 is 23.2 Å². The average molecular weight is 425 g/mol. The van der Waals surface area contributed by atoms with Gasteiger partial charge in [0.1, 0.15) is 11.6 Å². The van der Waals surface area contributed by atoms with Crippen LogP contribution in [0.5, 0.6) is 0 Å². The van der Waals surface area contributed by atoms with Crippen molar-refractivity contribution in [3.63, 3.8) is 0 Å². The highest BCUT2D eigenvalue weighted by molar-refractivity contribution is 6.03. The van der Waals surface area contributed by atoms with E-state index in [0.717, 1.165) is 23.6 Å².